The molecule has 0 bridgehead atoms. The number of fused-ring (bicyclic) bond motifs is 1. The number of rotatable bonds is 2. The highest BCUT2D eigenvalue weighted by Gasteiger charge is 2.51. The minimum Gasteiger partial charge on any atom is -0.399 e. The van der Waals surface area contributed by atoms with Gasteiger partial charge < -0.3 is 14.2 Å². The van der Waals surface area contributed by atoms with Crippen molar-refractivity contribution in [1.29, 1.82) is 0 Å². The summed E-state index contributed by atoms with van der Waals surface area (Å²) in [6.45, 7) is 12.9. The summed E-state index contributed by atoms with van der Waals surface area (Å²) in [6.07, 6.45) is 0. The van der Waals surface area contributed by atoms with Crippen LogP contribution in [0, 0.1) is 5.92 Å². The second-order valence-corrected chi connectivity index (χ2v) is 9.73. The number of benzene rings is 1. The van der Waals surface area contributed by atoms with Crippen LogP contribution in [0.2, 0.25) is 0 Å². The molecule has 4 rings (SSSR count). The van der Waals surface area contributed by atoms with E-state index in [1.807, 2.05) is 11.3 Å². The Balaban J connectivity index is 1.63. The fourth-order valence-corrected chi connectivity index (χ4v) is 4.95. The Hall–Kier alpha value is -0.945. The minimum atomic E-state index is -0.323. The van der Waals surface area contributed by atoms with Gasteiger partial charge in [0.1, 0.15) is 0 Å². The average Bonchev–Trinajstić information content (AvgIpc) is 3.12. The summed E-state index contributed by atoms with van der Waals surface area (Å²) in [7, 11) is 1.87. The molecule has 2 saturated heterocycles. The van der Waals surface area contributed by atoms with Crippen LogP contribution in [0.15, 0.2) is 18.2 Å². The van der Waals surface area contributed by atoms with Crippen molar-refractivity contribution in [3.8, 4) is 0 Å². The first-order valence-corrected chi connectivity index (χ1v) is 9.92. The van der Waals surface area contributed by atoms with Crippen molar-refractivity contribution in [2.24, 2.45) is 5.92 Å². The smallest absolute Gasteiger partial charge is 0.399 e. The Labute approximate surface area is 154 Å². The highest BCUT2D eigenvalue weighted by molar-refractivity contribution is 7.18. The van der Waals surface area contributed by atoms with Gasteiger partial charge in [-0.25, -0.2) is 4.98 Å². The lowest BCUT2D eigenvalue weighted by atomic mass is 9.79. The van der Waals surface area contributed by atoms with Gasteiger partial charge in [0.05, 0.1) is 26.4 Å². The molecule has 3 heterocycles. The second-order valence-electron chi connectivity index (χ2n) is 8.67. The van der Waals surface area contributed by atoms with Crippen LogP contribution < -0.4 is 5.46 Å². The molecule has 1 aromatic heterocycles. The number of nitrogens with zero attached hydrogens (tertiary/aromatic N) is 2. The molecule has 0 aliphatic carbocycles. The normalized spacial score (nSPS) is 29.0. The van der Waals surface area contributed by atoms with Gasteiger partial charge >= 0.3 is 7.12 Å². The maximum absolute atomic E-state index is 6.18. The molecule has 2 aromatic rings. The number of hydrogen-bond acceptors (Lipinski definition) is 5. The van der Waals surface area contributed by atoms with E-state index in [4.69, 9.17) is 14.3 Å². The molecule has 2 aliphatic rings. The number of aromatic nitrogens is 1. The van der Waals surface area contributed by atoms with Crippen LogP contribution in [-0.2, 0) is 9.31 Å². The molecule has 1 aromatic carbocycles. The Morgan fingerprint density at radius 2 is 1.84 bits per heavy atom. The van der Waals surface area contributed by atoms with E-state index in [1.165, 1.54) is 9.71 Å². The van der Waals surface area contributed by atoms with Crippen LogP contribution in [0.4, 0.5) is 0 Å². The van der Waals surface area contributed by atoms with Gasteiger partial charge in [0, 0.05) is 19.0 Å². The first-order chi connectivity index (χ1) is 11.7. The molecule has 2 atom stereocenters. The van der Waals surface area contributed by atoms with Gasteiger partial charge in [0.15, 0.2) is 0 Å². The van der Waals surface area contributed by atoms with E-state index >= 15 is 0 Å². The summed E-state index contributed by atoms with van der Waals surface area (Å²) >= 11 is 1.83. The van der Waals surface area contributed by atoms with Crippen molar-refractivity contribution in [2.45, 2.75) is 51.7 Å². The first kappa shape index (κ1) is 17.5. The number of hydrogen-bond donors (Lipinski definition) is 0. The van der Waals surface area contributed by atoms with Crippen LogP contribution in [0.1, 0.15) is 45.5 Å². The lowest BCUT2D eigenvalue weighted by Crippen LogP contribution is -2.41. The van der Waals surface area contributed by atoms with Crippen molar-refractivity contribution in [3.05, 3.63) is 23.2 Å². The Bertz CT molecular complexity index is 788. The first-order valence-electron chi connectivity index (χ1n) is 9.11. The van der Waals surface area contributed by atoms with Gasteiger partial charge in [0.2, 0.25) is 0 Å². The summed E-state index contributed by atoms with van der Waals surface area (Å²) in [4.78, 5) is 7.37. The molecule has 0 spiro atoms. The van der Waals surface area contributed by atoms with E-state index in [2.05, 4.69) is 64.8 Å². The van der Waals surface area contributed by atoms with Crippen LogP contribution in [-0.4, -0.2) is 48.3 Å². The molecule has 6 heteroatoms. The third-order valence-electron chi connectivity index (χ3n) is 6.07. The molecule has 0 amide bonds. The van der Waals surface area contributed by atoms with Crippen LogP contribution in [0.5, 0.6) is 0 Å². The maximum Gasteiger partial charge on any atom is 0.494 e. The number of likely N-dealkylation sites (N-methyl/N-ethyl adjacent to an activating group) is 1. The highest BCUT2D eigenvalue weighted by atomic mass is 32.1. The van der Waals surface area contributed by atoms with Gasteiger partial charge in [-0.15, -0.1) is 11.3 Å². The third-order valence-corrected chi connectivity index (χ3v) is 7.23. The SMILES string of the molecule is CC1CN(C)CC1c1nc2cc(B3OC(C)(C)C(C)(C)O3)ccc2s1. The van der Waals surface area contributed by atoms with E-state index in [1.54, 1.807) is 0 Å². The summed E-state index contributed by atoms with van der Waals surface area (Å²) < 4.78 is 13.6. The number of likely N-dealkylation sites (tertiary alicyclic amines) is 1. The van der Waals surface area contributed by atoms with E-state index in [-0.39, 0.29) is 18.3 Å². The summed E-state index contributed by atoms with van der Waals surface area (Å²) in [5, 5.41) is 1.26. The van der Waals surface area contributed by atoms with Crippen LogP contribution in [0.3, 0.4) is 0 Å². The fraction of sp³-hybridized carbons (Fsp3) is 0.632. The predicted octanol–water partition coefficient (Wildman–Crippen LogP) is 3.26. The van der Waals surface area contributed by atoms with E-state index in [0.717, 1.165) is 24.1 Å². The molecular weight excluding hydrogens is 331 g/mol. The fourth-order valence-electron chi connectivity index (χ4n) is 3.78. The van der Waals surface area contributed by atoms with E-state index in [9.17, 15) is 0 Å². The van der Waals surface area contributed by atoms with Gasteiger partial charge in [0.25, 0.3) is 0 Å². The predicted molar refractivity (Wildman–Crippen MR) is 105 cm³/mol. The van der Waals surface area contributed by atoms with E-state index in [0.29, 0.717) is 11.8 Å². The Morgan fingerprint density at radius 1 is 1.16 bits per heavy atom. The quantitative estimate of drug-likeness (QED) is 0.772. The third kappa shape index (κ3) is 2.93. The topological polar surface area (TPSA) is 34.6 Å². The molecule has 0 radical (unpaired) electrons. The van der Waals surface area contributed by atoms with Gasteiger partial charge in [-0.2, -0.15) is 0 Å². The standard InChI is InChI=1S/C19H27BN2O2S/c1-12-10-22(6)11-14(12)17-21-15-9-13(7-8-16(15)25-17)20-23-18(2,3)19(4,5)24-20/h7-9,12,14H,10-11H2,1-6H3. The summed E-state index contributed by atoms with van der Waals surface area (Å²) in [6, 6.07) is 6.43. The van der Waals surface area contributed by atoms with Gasteiger partial charge in [-0.1, -0.05) is 13.0 Å². The van der Waals surface area contributed by atoms with Gasteiger partial charge in [-0.3, -0.25) is 0 Å². The molecular formula is C19H27BN2O2S. The molecule has 2 fully saturated rings. The molecule has 0 saturated carbocycles. The number of thiazole rings is 1. The summed E-state index contributed by atoms with van der Waals surface area (Å²) in [5.41, 5.74) is 1.49. The van der Waals surface area contributed by atoms with Gasteiger partial charge in [-0.05, 0) is 58.3 Å². The second kappa shape index (κ2) is 5.78. The van der Waals surface area contributed by atoms with Crippen LogP contribution >= 0.6 is 11.3 Å². The van der Waals surface area contributed by atoms with Crippen molar-refractivity contribution in [3.63, 3.8) is 0 Å². The molecule has 2 unspecified atom stereocenters. The minimum absolute atomic E-state index is 0.316. The largest absolute Gasteiger partial charge is 0.494 e. The van der Waals surface area contributed by atoms with Crippen molar-refractivity contribution in [2.75, 3.05) is 20.1 Å². The van der Waals surface area contributed by atoms with Crippen molar-refractivity contribution in [1.82, 2.24) is 9.88 Å². The molecule has 25 heavy (non-hydrogen) atoms. The lowest BCUT2D eigenvalue weighted by molar-refractivity contribution is 0.00578. The Morgan fingerprint density at radius 3 is 2.44 bits per heavy atom. The molecule has 2 aliphatic heterocycles. The zero-order chi connectivity index (χ0) is 18.0. The van der Waals surface area contributed by atoms with Crippen molar-refractivity contribution >= 4 is 34.1 Å². The van der Waals surface area contributed by atoms with Crippen LogP contribution in [0.25, 0.3) is 10.2 Å². The lowest BCUT2D eigenvalue weighted by Gasteiger charge is -2.32. The zero-order valence-electron chi connectivity index (χ0n) is 16.0. The molecule has 0 N–H and O–H groups in total. The Kier molecular flexibility index (Phi) is 4.04. The zero-order valence-corrected chi connectivity index (χ0v) is 16.8. The highest BCUT2D eigenvalue weighted by Crippen LogP contribution is 2.38. The van der Waals surface area contributed by atoms with E-state index < -0.39 is 0 Å². The van der Waals surface area contributed by atoms with Crippen molar-refractivity contribution < 1.29 is 9.31 Å². The maximum atomic E-state index is 6.18. The monoisotopic (exact) mass is 358 g/mol. The molecule has 4 nitrogen and oxygen atoms in total. The summed E-state index contributed by atoms with van der Waals surface area (Å²) in [5.74, 6) is 1.20. The molecule has 134 valence electrons. The average molecular weight is 358 g/mol.